The third-order valence-electron chi connectivity index (χ3n) is 4.66. The van der Waals surface area contributed by atoms with E-state index in [0.717, 1.165) is 57.5 Å². The molecule has 0 radical (unpaired) electrons. The van der Waals surface area contributed by atoms with Crippen LogP contribution in [0.3, 0.4) is 0 Å². The molecular weight excluding hydrogens is 286 g/mol. The molecule has 0 unspecified atom stereocenters. The van der Waals surface area contributed by atoms with Crippen molar-refractivity contribution < 1.29 is 9.53 Å². The summed E-state index contributed by atoms with van der Waals surface area (Å²) in [4.78, 5) is 15.1. The van der Waals surface area contributed by atoms with Crippen LogP contribution in [0.5, 0.6) is 0 Å². The maximum absolute atomic E-state index is 12.7. The van der Waals surface area contributed by atoms with Crippen molar-refractivity contribution in [1.29, 1.82) is 0 Å². The fourth-order valence-electron chi connectivity index (χ4n) is 3.36. The molecule has 1 aromatic rings. The molecule has 1 saturated heterocycles. The van der Waals surface area contributed by atoms with Gasteiger partial charge in [-0.25, -0.2) is 0 Å². The van der Waals surface area contributed by atoms with Gasteiger partial charge >= 0.3 is 0 Å². The van der Waals surface area contributed by atoms with Crippen LogP contribution in [0.4, 0.5) is 0 Å². The predicted octanol–water partition coefficient (Wildman–Crippen LogP) is 3.82. The Balaban J connectivity index is 1.82. The van der Waals surface area contributed by atoms with Gasteiger partial charge in [-0.05, 0) is 50.3 Å². The van der Waals surface area contributed by atoms with E-state index in [1.165, 1.54) is 5.56 Å². The van der Waals surface area contributed by atoms with Crippen LogP contribution < -0.4 is 0 Å². The minimum absolute atomic E-state index is 0.199. The third kappa shape index (κ3) is 5.74. The molecule has 1 fully saturated rings. The monoisotopic (exact) mass is 317 g/mol. The van der Waals surface area contributed by atoms with Crippen molar-refractivity contribution in [2.45, 2.75) is 39.5 Å². The minimum atomic E-state index is 0.199. The summed E-state index contributed by atoms with van der Waals surface area (Å²) in [5.41, 5.74) is 2.21. The van der Waals surface area contributed by atoms with Gasteiger partial charge in [0.25, 0.3) is 0 Å². The fourth-order valence-corrected chi connectivity index (χ4v) is 3.36. The lowest BCUT2D eigenvalue weighted by atomic mass is 9.88. The van der Waals surface area contributed by atoms with Crippen LogP contribution in [0.15, 0.2) is 24.3 Å². The molecule has 0 N–H and O–H groups in total. The van der Waals surface area contributed by atoms with Crippen molar-refractivity contribution >= 4 is 5.78 Å². The summed E-state index contributed by atoms with van der Waals surface area (Å²) in [6, 6.07) is 8.27. The van der Waals surface area contributed by atoms with Crippen molar-refractivity contribution in [3.05, 3.63) is 35.4 Å². The van der Waals surface area contributed by atoms with Gasteiger partial charge in [0.2, 0.25) is 0 Å². The number of benzene rings is 1. The number of likely N-dealkylation sites (tertiary alicyclic amines) is 1. The smallest absolute Gasteiger partial charge is 0.166 e. The van der Waals surface area contributed by atoms with Gasteiger partial charge in [-0.15, -0.1) is 0 Å². The summed E-state index contributed by atoms with van der Waals surface area (Å²) >= 11 is 0. The second kappa shape index (κ2) is 9.19. The maximum Gasteiger partial charge on any atom is 0.166 e. The third-order valence-corrected chi connectivity index (χ3v) is 4.66. The summed E-state index contributed by atoms with van der Waals surface area (Å²) < 4.78 is 5.10. The summed E-state index contributed by atoms with van der Waals surface area (Å²) in [5.74, 6) is 1.18. The first kappa shape index (κ1) is 18.2. The number of piperidine rings is 1. The summed E-state index contributed by atoms with van der Waals surface area (Å²) in [6.07, 6.45) is 4.12. The molecule has 0 aliphatic carbocycles. The van der Waals surface area contributed by atoms with Gasteiger partial charge in [-0.1, -0.05) is 38.1 Å². The first-order chi connectivity index (χ1) is 11.1. The number of ketones is 1. The highest BCUT2D eigenvalue weighted by Gasteiger charge is 2.25. The Morgan fingerprint density at radius 1 is 1.22 bits per heavy atom. The molecule has 0 spiro atoms. The molecule has 128 valence electrons. The average molecular weight is 317 g/mol. The van der Waals surface area contributed by atoms with E-state index in [9.17, 15) is 4.79 Å². The Morgan fingerprint density at radius 2 is 1.87 bits per heavy atom. The van der Waals surface area contributed by atoms with E-state index in [2.05, 4.69) is 30.9 Å². The van der Waals surface area contributed by atoms with E-state index >= 15 is 0 Å². The van der Waals surface area contributed by atoms with E-state index < -0.39 is 0 Å². The molecule has 2 rings (SSSR count). The van der Waals surface area contributed by atoms with Crippen LogP contribution in [0.25, 0.3) is 0 Å². The van der Waals surface area contributed by atoms with Crippen molar-refractivity contribution in [1.82, 2.24) is 4.90 Å². The highest BCUT2D eigenvalue weighted by Crippen LogP contribution is 2.22. The normalized spacial score (nSPS) is 16.9. The van der Waals surface area contributed by atoms with Gasteiger partial charge in [-0.3, -0.25) is 4.79 Å². The molecule has 23 heavy (non-hydrogen) atoms. The minimum Gasteiger partial charge on any atom is -0.385 e. The van der Waals surface area contributed by atoms with Gasteiger partial charge in [-0.2, -0.15) is 0 Å². The molecular formula is C20H31NO2. The highest BCUT2D eigenvalue weighted by molar-refractivity contribution is 5.97. The van der Waals surface area contributed by atoms with Crippen molar-refractivity contribution in [3.63, 3.8) is 0 Å². The Bertz CT molecular complexity index is 473. The first-order valence-corrected chi connectivity index (χ1v) is 8.94. The summed E-state index contributed by atoms with van der Waals surface area (Å²) in [7, 11) is 1.75. The number of hydrogen-bond donors (Lipinski definition) is 0. The largest absolute Gasteiger partial charge is 0.385 e. The van der Waals surface area contributed by atoms with Crippen LogP contribution in [-0.2, 0) is 11.2 Å². The zero-order valence-electron chi connectivity index (χ0n) is 14.9. The molecule has 0 amide bonds. The maximum atomic E-state index is 12.7. The Morgan fingerprint density at radius 3 is 2.43 bits per heavy atom. The molecule has 0 bridgehead atoms. The number of hydrogen-bond acceptors (Lipinski definition) is 3. The quantitative estimate of drug-likeness (QED) is 0.539. The Kier molecular flexibility index (Phi) is 7.25. The van der Waals surface area contributed by atoms with E-state index in [1.807, 2.05) is 12.1 Å². The fraction of sp³-hybridized carbons (Fsp3) is 0.650. The predicted molar refractivity (Wildman–Crippen MR) is 95.0 cm³/mol. The number of carbonyl (C=O) groups is 1. The number of nitrogens with zero attached hydrogens (tertiary/aromatic N) is 1. The van der Waals surface area contributed by atoms with Gasteiger partial charge in [0.05, 0.1) is 0 Å². The Hall–Kier alpha value is -1.19. The molecule has 1 aromatic carbocycles. The molecule has 1 aliphatic heterocycles. The van der Waals surface area contributed by atoms with Crippen molar-refractivity contribution in [2.24, 2.45) is 11.8 Å². The number of methoxy groups -OCH3 is 1. The van der Waals surface area contributed by atoms with Crippen molar-refractivity contribution in [3.8, 4) is 0 Å². The van der Waals surface area contributed by atoms with E-state index in [4.69, 9.17) is 4.74 Å². The van der Waals surface area contributed by atoms with Crippen LogP contribution in [0, 0.1) is 11.8 Å². The zero-order valence-corrected chi connectivity index (χ0v) is 14.9. The number of ether oxygens (including phenoxy) is 1. The average Bonchev–Trinajstić information content (AvgIpc) is 2.55. The SMILES string of the molecule is COCCCN1CCC(C(=O)c2ccc(CC(C)C)cc2)CC1. The number of rotatable bonds is 8. The molecule has 0 aromatic heterocycles. The van der Waals surface area contributed by atoms with Crippen LogP contribution >= 0.6 is 0 Å². The highest BCUT2D eigenvalue weighted by atomic mass is 16.5. The molecule has 3 nitrogen and oxygen atoms in total. The van der Waals surface area contributed by atoms with Crippen LogP contribution in [-0.4, -0.2) is 44.0 Å². The molecule has 0 atom stereocenters. The zero-order chi connectivity index (χ0) is 16.7. The number of Topliss-reactive ketones (excluding diaryl/α,β-unsaturated/α-hetero) is 1. The van der Waals surface area contributed by atoms with Gasteiger partial charge in [0, 0.05) is 31.7 Å². The second-order valence-electron chi connectivity index (χ2n) is 7.12. The Labute approximate surface area is 141 Å². The second-order valence-corrected chi connectivity index (χ2v) is 7.12. The van der Waals surface area contributed by atoms with Gasteiger partial charge in [0.15, 0.2) is 5.78 Å². The lowest BCUT2D eigenvalue weighted by Gasteiger charge is -2.31. The standard InChI is InChI=1S/C20H31NO2/c1-16(2)15-17-5-7-18(8-6-17)20(22)19-9-12-21(13-10-19)11-4-14-23-3/h5-8,16,19H,4,9-15H2,1-3H3. The lowest BCUT2D eigenvalue weighted by molar-refractivity contribution is 0.0829. The van der Waals surface area contributed by atoms with Crippen molar-refractivity contribution in [2.75, 3.05) is 33.4 Å². The molecule has 1 aliphatic rings. The molecule has 3 heteroatoms. The molecule has 1 heterocycles. The summed E-state index contributed by atoms with van der Waals surface area (Å²) in [6.45, 7) is 8.41. The van der Waals surface area contributed by atoms with Gasteiger partial charge < -0.3 is 9.64 Å². The summed E-state index contributed by atoms with van der Waals surface area (Å²) in [5, 5.41) is 0. The van der Waals surface area contributed by atoms with E-state index in [-0.39, 0.29) is 5.92 Å². The molecule has 0 saturated carbocycles. The lowest BCUT2D eigenvalue weighted by Crippen LogP contribution is -2.37. The van der Waals surface area contributed by atoms with Gasteiger partial charge in [0.1, 0.15) is 0 Å². The van der Waals surface area contributed by atoms with Crippen LogP contribution in [0.2, 0.25) is 0 Å². The first-order valence-electron chi connectivity index (χ1n) is 8.94. The number of carbonyl (C=O) groups excluding carboxylic acids is 1. The van der Waals surface area contributed by atoms with Crippen LogP contribution in [0.1, 0.15) is 49.0 Å². The van der Waals surface area contributed by atoms with E-state index in [0.29, 0.717) is 11.7 Å². The topological polar surface area (TPSA) is 29.5 Å². The van der Waals surface area contributed by atoms with E-state index in [1.54, 1.807) is 7.11 Å².